The van der Waals surface area contributed by atoms with Gasteiger partial charge in [-0.1, -0.05) is 20.8 Å². The van der Waals surface area contributed by atoms with Crippen LogP contribution >= 0.6 is 0 Å². The number of carbonyl (C=O) groups excluding carboxylic acids is 1. The third-order valence-corrected chi connectivity index (χ3v) is 2.78. The van der Waals surface area contributed by atoms with Crippen LogP contribution in [-0.2, 0) is 9.47 Å². The Balaban J connectivity index is 0.000000885. The van der Waals surface area contributed by atoms with Crippen LogP contribution in [0.15, 0.2) is 0 Å². The van der Waals surface area contributed by atoms with Gasteiger partial charge in [0.15, 0.2) is 0 Å². The molecular weight excluding hydrogens is 272 g/mol. The Morgan fingerprint density at radius 2 is 2.05 bits per heavy atom. The van der Waals surface area contributed by atoms with Gasteiger partial charge in [0, 0.05) is 32.8 Å². The number of aliphatic hydroxyl groups is 1. The molecule has 126 valence electrons. The van der Waals surface area contributed by atoms with Crippen LogP contribution in [0, 0.1) is 5.92 Å². The van der Waals surface area contributed by atoms with Crippen molar-refractivity contribution in [3.05, 3.63) is 0 Å². The predicted octanol–water partition coefficient (Wildman–Crippen LogP) is 1.52. The predicted molar refractivity (Wildman–Crippen MR) is 83.4 cm³/mol. The Labute approximate surface area is 128 Å². The number of unbranched alkanes of at least 4 members (excludes halogenated alkanes) is 1. The van der Waals surface area contributed by atoms with E-state index in [1.807, 2.05) is 0 Å². The van der Waals surface area contributed by atoms with E-state index < -0.39 is 6.09 Å². The van der Waals surface area contributed by atoms with Crippen molar-refractivity contribution in [1.29, 1.82) is 0 Å². The van der Waals surface area contributed by atoms with Gasteiger partial charge in [-0.3, -0.25) is 0 Å². The standard InChI is InChI=1S/C11H22N2O4.C4H10/c1-16-10-6-9(13-7-10)8-17-11(15)12-4-2-3-5-14;1-4(2)3/h9-10,13-14H,2-8H2,1H3,(H,12,15);4H,1-3H3. The van der Waals surface area contributed by atoms with Gasteiger partial charge in [-0.15, -0.1) is 0 Å². The van der Waals surface area contributed by atoms with Gasteiger partial charge in [-0.2, -0.15) is 0 Å². The number of methoxy groups -OCH3 is 1. The third kappa shape index (κ3) is 12.6. The van der Waals surface area contributed by atoms with Gasteiger partial charge >= 0.3 is 6.09 Å². The first-order valence-electron chi connectivity index (χ1n) is 7.77. The summed E-state index contributed by atoms with van der Waals surface area (Å²) < 4.78 is 10.3. The summed E-state index contributed by atoms with van der Waals surface area (Å²) in [5, 5.41) is 14.4. The molecule has 21 heavy (non-hydrogen) atoms. The van der Waals surface area contributed by atoms with Crippen molar-refractivity contribution >= 4 is 6.09 Å². The normalized spacial score (nSPS) is 20.9. The highest BCUT2D eigenvalue weighted by Gasteiger charge is 2.24. The zero-order chi connectivity index (χ0) is 16.1. The second-order valence-corrected chi connectivity index (χ2v) is 5.89. The molecule has 6 nitrogen and oxygen atoms in total. The summed E-state index contributed by atoms with van der Waals surface area (Å²) in [4.78, 5) is 11.3. The van der Waals surface area contributed by atoms with Crippen LogP contribution in [0.2, 0.25) is 0 Å². The fraction of sp³-hybridized carbons (Fsp3) is 0.933. The van der Waals surface area contributed by atoms with E-state index in [9.17, 15) is 4.79 Å². The molecule has 6 heteroatoms. The first-order valence-corrected chi connectivity index (χ1v) is 7.77. The SMILES string of the molecule is CC(C)C.COC1CNC(COC(=O)NCCCCO)C1. The fourth-order valence-electron chi connectivity index (χ4n) is 1.74. The zero-order valence-electron chi connectivity index (χ0n) is 13.9. The maximum Gasteiger partial charge on any atom is 0.407 e. The number of amides is 1. The molecule has 1 aliphatic rings. The molecule has 0 aromatic rings. The Hall–Kier alpha value is -0.850. The largest absolute Gasteiger partial charge is 0.448 e. The van der Waals surface area contributed by atoms with E-state index in [1.54, 1.807) is 7.11 Å². The van der Waals surface area contributed by atoms with E-state index in [2.05, 4.69) is 31.4 Å². The van der Waals surface area contributed by atoms with Gasteiger partial charge in [-0.25, -0.2) is 4.79 Å². The third-order valence-electron chi connectivity index (χ3n) is 2.78. The number of hydrogen-bond acceptors (Lipinski definition) is 5. The summed E-state index contributed by atoms with van der Waals surface area (Å²) in [5.41, 5.74) is 0. The lowest BCUT2D eigenvalue weighted by atomic mass is 10.2. The minimum absolute atomic E-state index is 0.154. The van der Waals surface area contributed by atoms with Crippen LogP contribution < -0.4 is 10.6 Å². The van der Waals surface area contributed by atoms with Crippen LogP contribution in [0.3, 0.4) is 0 Å². The summed E-state index contributed by atoms with van der Waals surface area (Å²) in [6.07, 6.45) is 2.15. The van der Waals surface area contributed by atoms with Crippen molar-refractivity contribution in [2.45, 2.75) is 52.2 Å². The first kappa shape index (κ1) is 20.1. The van der Waals surface area contributed by atoms with Crippen molar-refractivity contribution in [2.24, 2.45) is 5.92 Å². The lowest BCUT2D eigenvalue weighted by molar-refractivity contribution is 0.109. The maximum absolute atomic E-state index is 11.3. The number of hydrogen-bond donors (Lipinski definition) is 3. The first-order chi connectivity index (χ1) is 9.99. The van der Waals surface area contributed by atoms with Gasteiger partial charge in [0.2, 0.25) is 0 Å². The van der Waals surface area contributed by atoms with Gasteiger partial charge in [0.05, 0.1) is 6.10 Å². The highest BCUT2D eigenvalue weighted by atomic mass is 16.5. The Morgan fingerprint density at radius 3 is 2.57 bits per heavy atom. The highest BCUT2D eigenvalue weighted by molar-refractivity contribution is 5.67. The van der Waals surface area contributed by atoms with Crippen molar-refractivity contribution in [2.75, 3.05) is 33.4 Å². The topological polar surface area (TPSA) is 79.8 Å². The van der Waals surface area contributed by atoms with Gasteiger partial charge in [0.1, 0.15) is 6.61 Å². The molecule has 0 aliphatic carbocycles. The smallest absolute Gasteiger partial charge is 0.407 e. The molecule has 0 bridgehead atoms. The Kier molecular flexibility index (Phi) is 12.3. The molecule has 1 amide bonds. The van der Waals surface area contributed by atoms with Gasteiger partial charge in [0.25, 0.3) is 0 Å². The molecule has 0 aromatic heterocycles. The lowest BCUT2D eigenvalue weighted by Gasteiger charge is -2.11. The summed E-state index contributed by atoms with van der Waals surface area (Å²) in [7, 11) is 1.68. The molecule has 1 fully saturated rings. The van der Waals surface area contributed by atoms with Crippen LogP contribution in [-0.4, -0.2) is 56.8 Å². The average molecular weight is 304 g/mol. The number of rotatable bonds is 7. The van der Waals surface area contributed by atoms with Crippen LogP contribution in [0.25, 0.3) is 0 Å². The highest BCUT2D eigenvalue weighted by Crippen LogP contribution is 2.09. The van der Waals surface area contributed by atoms with Gasteiger partial charge < -0.3 is 25.2 Å². The molecule has 1 heterocycles. The second-order valence-electron chi connectivity index (χ2n) is 5.89. The lowest BCUT2D eigenvalue weighted by Crippen LogP contribution is -2.32. The molecule has 3 N–H and O–H groups in total. The molecule has 0 aromatic carbocycles. The van der Waals surface area contributed by atoms with Crippen molar-refractivity contribution < 1.29 is 19.4 Å². The zero-order valence-corrected chi connectivity index (χ0v) is 13.9. The number of ether oxygens (including phenoxy) is 2. The molecule has 2 unspecified atom stereocenters. The number of aliphatic hydroxyl groups excluding tert-OH is 1. The van der Waals surface area contributed by atoms with Crippen molar-refractivity contribution in [3.8, 4) is 0 Å². The van der Waals surface area contributed by atoms with E-state index in [0.29, 0.717) is 19.6 Å². The average Bonchev–Trinajstić information content (AvgIpc) is 2.89. The summed E-state index contributed by atoms with van der Waals surface area (Å²) in [6, 6.07) is 0.183. The summed E-state index contributed by atoms with van der Waals surface area (Å²) >= 11 is 0. The van der Waals surface area contributed by atoms with E-state index in [-0.39, 0.29) is 18.8 Å². The fourth-order valence-corrected chi connectivity index (χ4v) is 1.74. The van der Waals surface area contributed by atoms with Gasteiger partial charge in [-0.05, 0) is 25.2 Å². The molecule has 2 atom stereocenters. The van der Waals surface area contributed by atoms with E-state index in [4.69, 9.17) is 14.6 Å². The van der Waals surface area contributed by atoms with Crippen LogP contribution in [0.4, 0.5) is 4.79 Å². The molecular formula is C15H32N2O4. The van der Waals surface area contributed by atoms with Crippen molar-refractivity contribution in [1.82, 2.24) is 10.6 Å². The molecule has 1 saturated heterocycles. The van der Waals surface area contributed by atoms with E-state index >= 15 is 0 Å². The van der Waals surface area contributed by atoms with E-state index in [1.165, 1.54) is 0 Å². The molecule has 0 spiro atoms. The minimum atomic E-state index is -0.398. The second kappa shape index (κ2) is 12.9. The van der Waals surface area contributed by atoms with E-state index in [0.717, 1.165) is 25.3 Å². The Morgan fingerprint density at radius 1 is 1.38 bits per heavy atom. The summed E-state index contributed by atoms with van der Waals surface area (Å²) in [6.45, 7) is 8.37. The molecule has 0 saturated carbocycles. The molecule has 1 rings (SSSR count). The van der Waals surface area contributed by atoms with Crippen LogP contribution in [0.1, 0.15) is 40.0 Å². The summed E-state index contributed by atoms with van der Waals surface area (Å²) in [5.74, 6) is 0.833. The number of alkyl carbamates (subject to hydrolysis) is 1. The Bertz CT molecular complexity index is 259. The quantitative estimate of drug-likeness (QED) is 0.622. The van der Waals surface area contributed by atoms with Crippen LogP contribution in [0.5, 0.6) is 0 Å². The number of carbonyl (C=O) groups is 1. The molecule has 1 aliphatic heterocycles. The number of nitrogens with one attached hydrogen (secondary N) is 2. The molecule has 0 radical (unpaired) electrons. The monoisotopic (exact) mass is 304 g/mol. The maximum atomic E-state index is 11.3. The minimum Gasteiger partial charge on any atom is -0.448 e. The van der Waals surface area contributed by atoms with Crippen molar-refractivity contribution in [3.63, 3.8) is 0 Å².